The highest BCUT2D eigenvalue weighted by Gasteiger charge is 2.33. The van der Waals surface area contributed by atoms with Crippen LogP contribution in [0, 0.1) is 15.5 Å². The van der Waals surface area contributed by atoms with Crippen molar-refractivity contribution in [3.8, 4) is 0 Å². The first-order valence-corrected chi connectivity index (χ1v) is 4.92. The van der Waals surface area contributed by atoms with Gasteiger partial charge in [0.2, 0.25) is 0 Å². The average molecular weight is 241 g/mol. The molecule has 0 bridgehead atoms. The molecule has 1 unspecified atom stereocenters. The van der Waals surface area contributed by atoms with E-state index in [2.05, 4.69) is 0 Å². The Labute approximate surface area is 97.0 Å². The van der Waals surface area contributed by atoms with Gasteiger partial charge in [0, 0.05) is 12.1 Å². The number of alkyl halides is 1. The molecule has 5 nitrogen and oxygen atoms in total. The molecule has 0 aliphatic rings. The number of hydrogen-bond donors (Lipinski definition) is 1. The molecule has 6 heteroatoms. The normalized spacial score (nSPS) is 14.0. The molecule has 0 fully saturated rings. The van der Waals surface area contributed by atoms with Crippen LogP contribution in [0.2, 0.25) is 0 Å². The van der Waals surface area contributed by atoms with Gasteiger partial charge in [0.1, 0.15) is 6.67 Å². The second-order valence-corrected chi connectivity index (χ2v) is 4.10. The Balaban J connectivity index is 2.88. The zero-order valence-corrected chi connectivity index (χ0v) is 9.22. The van der Waals surface area contributed by atoms with Gasteiger partial charge in [-0.05, 0) is 18.9 Å². The second kappa shape index (κ2) is 4.90. The van der Waals surface area contributed by atoms with Gasteiger partial charge in [0.25, 0.3) is 5.69 Å². The van der Waals surface area contributed by atoms with E-state index in [1.54, 1.807) is 0 Å². The van der Waals surface area contributed by atoms with Gasteiger partial charge in [0.15, 0.2) is 0 Å². The molecule has 1 aromatic carbocycles. The fraction of sp³-hybridized carbons (Fsp3) is 0.364. The third kappa shape index (κ3) is 2.99. The van der Waals surface area contributed by atoms with Crippen molar-refractivity contribution in [3.63, 3.8) is 0 Å². The maximum atomic E-state index is 12.7. The Morgan fingerprint density at radius 1 is 1.47 bits per heavy atom. The second-order valence-electron chi connectivity index (χ2n) is 4.10. The Hall–Kier alpha value is -1.98. The van der Waals surface area contributed by atoms with Gasteiger partial charge in [-0.3, -0.25) is 14.9 Å². The van der Waals surface area contributed by atoms with E-state index in [4.69, 9.17) is 5.11 Å². The minimum Gasteiger partial charge on any atom is -0.481 e. The van der Waals surface area contributed by atoms with Crippen molar-refractivity contribution in [1.82, 2.24) is 0 Å². The molecule has 0 aromatic heterocycles. The van der Waals surface area contributed by atoms with Crippen molar-refractivity contribution in [2.45, 2.75) is 13.3 Å². The van der Waals surface area contributed by atoms with Crippen molar-refractivity contribution in [3.05, 3.63) is 39.9 Å². The molecule has 0 spiro atoms. The summed E-state index contributed by atoms with van der Waals surface area (Å²) in [5, 5.41) is 19.3. The molecule has 17 heavy (non-hydrogen) atoms. The molecule has 0 radical (unpaired) electrons. The van der Waals surface area contributed by atoms with E-state index < -0.39 is 23.0 Å². The van der Waals surface area contributed by atoms with Crippen molar-refractivity contribution < 1.29 is 19.2 Å². The van der Waals surface area contributed by atoms with Crippen molar-refractivity contribution >= 4 is 11.7 Å². The van der Waals surface area contributed by atoms with E-state index in [1.165, 1.54) is 31.2 Å². The number of benzene rings is 1. The lowest BCUT2D eigenvalue weighted by Gasteiger charge is -2.20. The van der Waals surface area contributed by atoms with E-state index in [1.807, 2.05) is 0 Å². The van der Waals surface area contributed by atoms with Crippen molar-refractivity contribution in [1.29, 1.82) is 0 Å². The molecule has 92 valence electrons. The molecule has 1 atom stereocenters. The number of carboxylic acid groups (broad SMARTS) is 1. The van der Waals surface area contributed by atoms with E-state index in [0.29, 0.717) is 5.56 Å². The molecule has 0 aliphatic carbocycles. The minimum atomic E-state index is -1.49. The summed E-state index contributed by atoms with van der Waals surface area (Å²) in [6.45, 7) is 0.316. The first kappa shape index (κ1) is 13.1. The van der Waals surface area contributed by atoms with Gasteiger partial charge >= 0.3 is 5.97 Å². The number of carbonyl (C=O) groups is 1. The van der Waals surface area contributed by atoms with Gasteiger partial charge in [-0.2, -0.15) is 0 Å². The van der Waals surface area contributed by atoms with Crippen LogP contribution in [0.3, 0.4) is 0 Å². The number of nitrogens with zero attached hydrogens (tertiary/aromatic N) is 1. The van der Waals surface area contributed by atoms with Crippen LogP contribution in [0.15, 0.2) is 24.3 Å². The summed E-state index contributed by atoms with van der Waals surface area (Å²) in [7, 11) is 0. The molecular weight excluding hydrogens is 229 g/mol. The molecule has 1 aromatic rings. The van der Waals surface area contributed by atoms with Crippen LogP contribution in [0.5, 0.6) is 0 Å². The molecule has 1 rings (SSSR count). The molecule has 1 N–H and O–H groups in total. The lowest BCUT2D eigenvalue weighted by molar-refractivity contribution is -0.384. The Morgan fingerprint density at radius 2 is 2.00 bits per heavy atom. The largest absolute Gasteiger partial charge is 0.481 e. The van der Waals surface area contributed by atoms with E-state index in [-0.39, 0.29) is 12.1 Å². The monoisotopic (exact) mass is 241 g/mol. The Kier molecular flexibility index (Phi) is 3.77. The van der Waals surface area contributed by atoms with E-state index in [9.17, 15) is 19.3 Å². The third-order valence-corrected chi connectivity index (χ3v) is 2.55. The van der Waals surface area contributed by atoms with Gasteiger partial charge in [0.05, 0.1) is 10.3 Å². The summed E-state index contributed by atoms with van der Waals surface area (Å²) in [5.41, 5.74) is -1.01. The maximum absolute atomic E-state index is 12.7. The summed E-state index contributed by atoms with van der Waals surface area (Å²) >= 11 is 0. The van der Waals surface area contributed by atoms with Crippen LogP contribution in [-0.4, -0.2) is 22.7 Å². The maximum Gasteiger partial charge on any atom is 0.312 e. The average Bonchev–Trinajstić information content (AvgIpc) is 2.29. The topological polar surface area (TPSA) is 80.4 Å². The number of nitro benzene ring substituents is 1. The quantitative estimate of drug-likeness (QED) is 0.633. The van der Waals surface area contributed by atoms with Gasteiger partial charge in [-0.15, -0.1) is 0 Å². The molecule has 0 amide bonds. The number of carboxylic acids is 1. The summed E-state index contributed by atoms with van der Waals surface area (Å²) in [4.78, 5) is 20.8. The van der Waals surface area contributed by atoms with Crippen LogP contribution < -0.4 is 0 Å². The standard InChI is InChI=1S/C11H12FNO4/c1-11(7-12,10(14)15)6-8-2-4-9(5-3-8)13(16)17/h2-5H,6-7H2,1H3,(H,14,15). The summed E-state index contributed by atoms with van der Waals surface area (Å²) < 4.78 is 12.7. The smallest absolute Gasteiger partial charge is 0.312 e. The van der Waals surface area contributed by atoms with E-state index >= 15 is 0 Å². The fourth-order valence-corrected chi connectivity index (χ4v) is 1.37. The van der Waals surface area contributed by atoms with Crippen LogP contribution in [0.1, 0.15) is 12.5 Å². The van der Waals surface area contributed by atoms with Crippen LogP contribution in [0.4, 0.5) is 10.1 Å². The summed E-state index contributed by atoms with van der Waals surface area (Å²) in [5.74, 6) is -1.22. The number of hydrogen-bond acceptors (Lipinski definition) is 3. The summed E-state index contributed by atoms with van der Waals surface area (Å²) in [6.07, 6.45) is -0.00315. The highest BCUT2D eigenvalue weighted by Crippen LogP contribution is 2.24. The van der Waals surface area contributed by atoms with Gasteiger partial charge in [-0.1, -0.05) is 12.1 Å². The fourth-order valence-electron chi connectivity index (χ4n) is 1.37. The SMILES string of the molecule is CC(CF)(Cc1ccc([N+](=O)[O-])cc1)C(=O)O. The molecule has 0 aliphatic heterocycles. The first-order valence-electron chi connectivity index (χ1n) is 4.92. The van der Waals surface area contributed by atoms with Gasteiger partial charge in [-0.25, -0.2) is 4.39 Å². The van der Waals surface area contributed by atoms with Crippen LogP contribution in [0.25, 0.3) is 0 Å². The molecular formula is C11H12FNO4. The van der Waals surface area contributed by atoms with Crippen LogP contribution in [-0.2, 0) is 11.2 Å². The number of nitro groups is 1. The predicted octanol–water partition coefficient (Wildman–Crippen LogP) is 2.20. The van der Waals surface area contributed by atoms with Gasteiger partial charge < -0.3 is 5.11 Å². The highest BCUT2D eigenvalue weighted by molar-refractivity contribution is 5.74. The number of aliphatic carboxylic acids is 1. The number of halogens is 1. The Bertz CT molecular complexity index is 432. The van der Waals surface area contributed by atoms with E-state index in [0.717, 1.165) is 0 Å². The zero-order chi connectivity index (χ0) is 13.1. The number of non-ortho nitro benzene ring substituents is 1. The lowest BCUT2D eigenvalue weighted by atomic mass is 9.85. The molecule has 0 saturated carbocycles. The van der Waals surface area contributed by atoms with Crippen molar-refractivity contribution in [2.75, 3.05) is 6.67 Å². The predicted molar refractivity (Wildman–Crippen MR) is 58.5 cm³/mol. The highest BCUT2D eigenvalue weighted by atomic mass is 19.1. The molecule has 0 saturated heterocycles. The van der Waals surface area contributed by atoms with Crippen LogP contribution >= 0.6 is 0 Å². The Morgan fingerprint density at radius 3 is 2.35 bits per heavy atom. The number of rotatable bonds is 5. The minimum absolute atomic E-state index is 0.00315. The molecule has 0 heterocycles. The van der Waals surface area contributed by atoms with Crippen molar-refractivity contribution in [2.24, 2.45) is 5.41 Å². The summed E-state index contributed by atoms with van der Waals surface area (Å²) in [6, 6.07) is 5.43. The lowest BCUT2D eigenvalue weighted by Crippen LogP contribution is -2.32. The zero-order valence-electron chi connectivity index (χ0n) is 9.22. The first-order chi connectivity index (χ1) is 7.89. The third-order valence-electron chi connectivity index (χ3n) is 2.55.